The lowest BCUT2D eigenvalue weighted by Crippen LogP contribution is -2.37. The number of rotatable bonds is 5. The highest BCUT2D eigenvalue weighted by Gasteiger charge is 2.07. The first-order valence-electron chi connectivity index (χ1n) is 6.61. The van der Waals surface area contributed by atoms with Crippen LogP contribution in [0, 0.1) is 0 Å². The minimum atomic E-state index is 0. The van der Waals surface area contributed by atoms with Gasteiger partial charge >= 0.3 is 0 Å². The largest absolute Gasteiger partial charge is 0.354 e. The van der Waals surface area contributed by atoms with Crippen molar-refractivity contribution in [1.29, 1.82) is 0 Å². The zero-order valence-electron chi connectivity index (χ0n) is 11.8. The van der Waals surface area contributed by atoms with E-state index in [-0.39, 0.29) is 24.4 Å². The Morgan fingerprint density at radius 3 is 2.60 bits per heavy atom. The molecule has 0 aliphatic carbocycles. The van der Waals surface area contributed by atoms with Gasteiger partial charge in [-0.2, -0.15) is 0 Å². The summed E-state index contributed by atoms with van der Waals surface area (Å²) in [5, 5.41) is 8.38. The van der Waals surface area contributed by atoms with Gasteiger partial charge in [0.15, 0.2) is 0 Å². The van der Waals surface area contributed by atoms with Crippen molar-refractivity contribution in [3.05, 3.63) is 48.0 Å². The number of benzene rings is 2. The van der Waals surface area contributed by atoms with E-state index >= 15 is 0 Å². The molecular formula is C16H21ClN2O. The van der Waals surface area contributed by atoms with Crippen molar-refractivity contribution in [3.8, 4) is 0 Å². The van der Waals surface area contributed by atoms with Gasteiger partial charge in [-0.3, -0.25) is 4.79 Å². The predicted octanol–water partition coefficient (Wildman–Crippen LogP) is 2.53. The van der Waals surface area contributed by atoms with Crippen molar-refractivity contribution in [2.75, 3.05) is 13.6 Å². The average Bonchev–Trinajstić information content (AvgIpc) is 2.45. The van der Waals surface area contributed by atoms with E-state index in [1.54, 1.807) is 0 Å². The van der Waals surface area contributed by atoms with Crippen molar-refractivity contribution in [1.82, 2.24) is 10.6 Å². The first-order chi connectivity index (χ1) is 9.20. The number of halogens is 1. The molecule has 0 heterocycles. The lowest BCUT2D eigenvalue weighted by molar-refractivity contribution is -0.120. The van der Waals surface area contributed by atoms with Gasteiger partial charge in [-0.15, -0.1) is 12.4 Å². The number of carbonyl (C=O) groups excluding carboxylic acids is 1. The number of hydrogen-bond donors (Lipinski definition) is 2. The molecule has 3 nitrogen and oxygen atoms in total. The van der Waals surface area contributed by atoms with Crippen LogP contribution in [0.5, 0.6) is 0 Å². The minimum Gasteiger partial charge on any atom is -0.354 e. The maximum atomic E-state index is 11.9. The number of amides is 1. The summed E-state index contributed by atoms with van der Waals surface area (Å²) in [5.74, 6) is 0.0680. The first kappa shape index (κ1) is 16.5. The molecule has 20 heavy (non-hydrogen) atoms. The third-order valence-electron chi connectivity index (χ3n) is 3.33. The Labute approximate surface area is 126 Å². The lowest BCUT2D eigenvalue weighted by atomic mass is 10.0. The smallest absolute Gasteiger partial charge is 0.224 e. The second-order valence-corrected chi connectivity index (χ2v) is 4.81. The molecule has 1 amide bonds. The van der Waals surface area contributed by atoms with Crippen LogP contribution in [0.3, 0.4) is 0 Å². The number of nitrogens with one attached hydrogen (secondary N) is 2. The molecule has 2 N–H and O–H groups in total. The normalized spacial score (nSPS) is 11.7. The van der Waals surface area contributed by atoms with Gasteiger partial charge < -0.3 is 10.6 Å². The number of carbonyl (C=O) groups is 1. The first-order valence-corrected chi connectivity index (χ1v) is 6.61. The highest BCUT2D eigenvalue weighted by molar-refractivity contribution is 5.90. The lowest BCUT2D eigenvalue weighted by Gasteiger charge is -2.12. The van der Waals surface area contributed by atoms with Gasteiger partial charge in [0.05, 0.1) is 6.42 Å². The molecule has 108 valence electrons. The second kappa shape index (κ2) is 7.88. The molecule has 2 aromatic rings. The third kappa shape index (κ3) is 4.22. The van der Waals surface area contributed by atoms with Gasteiger partial charge in [0.1, 0.15) is 0 Å². The van der Waals surface area contributed by atoms with Gasteiger partial charge in [0.25, 0.3) is 0 Å². The molecule has 2 aromatic carbocycles. The molecule has 4 heteroatoms. The summed E-state index contributed by atoms with van der Waals surface area (Å²) >= 11 is 0. The fourth-order valence-corrected chi connectivity index (χ4v) is 2.05. The van der Waals surface area contributed by atoms with E-state index in [2.05, 4.69) is 28.8 Å². The number of hydrogen-bond acceptors (Lipinski definition) is 2. The molecule has 0 fully saturated rings. The molecule has 0 aliphatic heterocycles. The van der Waals surface area contributed by atoms with E-state index < -0.39 is 0 Å². The quantitative estimate of drug-likeness (QED) is 0.889. The Hall–Kier alpha value is -1.58. The zero-order chi connectivity index (χ0) is 13.7. The summed E-state index contributed by atoms with van der Waals surface area (Å²) in [6.07, 6.45) is 0.428. The number of likely N-dealkylation sites (N-methyl/N-ethyl adjacent to an activating group) is 1. The second-order valence-electron chi connectivity index (χ2n) is 4.81. The van der Waals surface area contributed by atoms with Crippen LogP contribution < -0.4 is 10.6 Å². The van der Waals surface area contributed by atoms with Crippen molar-refractivity contribution >= 4 is 29.1 Å². The van der Waals surface area contributed by atoms with Gasteiger partial charge in [-0.1, -0.05) is 42.5 Å². The highest BCUT2D eigenvalue weighted by Crippen LogP contribution is 2.18. The summed E-state index contributed by atoms with van der Waals surface area (Å²) in [5.41, 5.74) is 1.08. The van der Waals surface area contributed by atoms with Gasteiger partial charge in [0.2, 0.25) is 5.91 Å². The van der Waals surface area contributed by atoms with E-state index in [1.807, 2.05) is 38.2 Å². The zero-order valence-corrected chi connectivity index (χ0v) is 12.7. The molecule has 0 saturated heterocycles. The monoisotopic (exact) mass is 292 g/mol. The van der Waals surface area contributed by atoms with Gasteiger partial charge in [-0.05, 0) is 30.3 Å². The van der Waals surface area contributed by atoms with Crippen LogP contribution in [0.15, 0.2) is 42.5 Å². The van der Waals surface area contributed by atoms with Crippen LogP contribution >= 0.6 is 12.4 Å². The molecule has 0 spiro atoms. The Morgan fingerprint density at radius 1 is 1.15 bits per heavy atom. The topological polar surface area (TPSA) is 41.1 Å². The molecule has 0 aliphatic rings. The Kier molecular flexibility index (Phi) is 6.49. The van der Waals surface area contributed by atoms with Crippen molar-refractivity contribution in [3.63, 3.8) is 0 Å². The maximum absolute atomic E-state index is 11.9. The minimum absolute atomic E-state index is 0. The van der Waals surface area contributed by atoms with Crippen molar-refractivity contribution < 1.29 is 4.79 Å². The fraction of sp³-hybridized carbons (Fsp3) is 0.312. The van der Waals surface area contributed by atoms with Gasteiger partial charge in [0, 0.05) is 12.6 Å². The molecular weight excluding hydrogens is 272 g/mol. The van der Waals surface area contributed by atoms with Crippen LogP contribution in [0.4, 0.5) is 0 Å². The summed E-state index contributed by atoms with van der Waals surface area (Å²) in [6, 6.07) is 14.5. The Morgan fingerprint density at radius 2 is 1.85 bits per heavy atom. The SMILES string of the molecule is CNC(C)CNC(=O)Cc1cccc2ccccc12.Cl. The molecule has 0 aromatic heterocycles. The number of fused-ring (bicyclic) bond motifs is 1. The van der Waals surface area contributed by atoms with E-state index in [0.717, 1.165) is 10.9 Å². The molecule has 0 bridgehead atoms. The molecule has 1 atom stereocenters. The molecule has 1 unspecified atom stereocenters. The van der Waals surface area contributed by atoms with Crippen LogP contribution in [-0.4, -0.2) is 25.5 Å². The maximum Gasteiger partial charge on any atom is 0.224 e. The van der Waals surface area contributed by atoms with Crippen LogP contribution in [-0.2, 0) is 11.2 Å². The predicted molar refractivity (Wildman–Crippen MR) is 86.4 cm³/mol. The molecule has 0 saturated carbocycles. The average molecular weight is 293 g/mol. The van der Waals surface area contributed by atoms with Crippen molar-refractivity contribution in [2.24, 2.45) is 0 Å². The van der Waals surface area contributed by atoms with E-state index in [0.29, 0.717) is 13.0 Å². The summed E-state index contributed by atoms with van der Waals surface area (Å²) in [4.78, 5) is 11.9. The Bertz CT molecular complexity index is 566. The molecule has 2 rings (SSSR count). The van der Waals surface area contributed by atoms with Crippen LogP contribution in [0.1, 0.15) is 12.5 Å². The summed E-state index contributed by atoms with van der Waals surface area (Å²) in [6.45, 7) is 2.69. The third-order valence-corrected chi connectivity index (χ3v) is 3.33. The molecule has 0 radical (unpaired) electrons. The summed E-state index contributed by atoms with van der Waals surface area (Å²) < 4.78 is 0. The Balaban J connectivity index is 0.00000200. The van der Waals surface area contributed by atoms with E-state index in [4.69, 9.17) is 0 Å². The van der Waals surface area contributed by atoms with Crippen LogP contribution in [0.2, 0.25) is 0 Å². The van der Waals surface area contributed by atoms with E-state index in [9.17, 15) is 4.79 Å². The standard InChI is InChI=1S/C16H20N2O.ClH/c1-12(17-2)11-18-16(19)10-14-8-5-7-13-6-3-4-9-15(13)14;/h3-9,12,17H,10-11H2,1-2H3,(H,18,19);1H. The highest BCUT2D eigenvalue weighted by atomic mass is 35.5. The van der Waals surface area contributed by atoms with Gasteiger partial charge in [-0.25, -0.2) is 0 Å². The van der Waals surface area contributed by atoms with Crippen LogP contribution in [0.25, 0.3) is 10.8 Å². The van der Waals surface area contributed by atoms with E-state index in [1.165, 1.54) is 5.39 Å². The fourth-order valence-electron chi connectivity index (χ4n) is 2.05. The summed E-state index contributed by atoms with van der Waals surface area (Å²) in [7, 11) is 1.89. The van der Waals surface area contributed by atoms with Crippen molar-refractivity contribution in [2.45, 2.75) is 19.4 Å².